The van der Waals surface area contributed by atoms with Crippen LogP contribution in [0.15, 0.2) is 48.7 Å². The van der Waals surface area contributed by atoms with Gasteiger partial charge in [-0.25, -0.2) is 4.39 Å². The van der Waals surface area contributed by atoms with Crippen molar-refractivity contribution in [2.75, 3.05) is 30.3 Å². The number of carbonyl (C=O) groups is 1. The van der Waals surface area contributed by atoms with Gasteiger partial charge in [0.1, 0.15) is 17.6 Å². The second-order valence-electron chi connectivity index (χ2n) is 6.94. The van der Waals surface area contributed by atoms with E-state index in [9.17, 15) is 14.4 Å². The molecule has 3 aromatic rings. The number of rotatable bonds is 9. The van der Waals surface area contributed by atoms with Gasteiger partial charge >= 0.3 is 0 Å². The molecule has 0 radical (unpaired) electrons. The standard InChI is InChI=1S/C25H21ClFN5O2/c1-3-9-29-10-5-6-24(33)32-22-12-18-21(13-23(22)34-4-2)30-15-16(14-28)25(18)31-17-7-8-20(27)19(26)11-17/h1,5-8,11-13,15,29H,4,9-10H2,2H3,(H,30,31)(H,32,33)/b6-5+. The molecule has 2 aromatic carbocycles. The van der Waals surface area contributed by atoms with Crippen molar-refractivity contribution in [2.24, 2.45) is 0 Å². The summed E-state index contributed by atoms with van der Waals surface area (Å²) < 4.78 is 19.3. The number of carbonyl (C=O) groups excluding carboxylic acids is 1. The fourth-order valence-corrected chi connectivity index (χ4v) is 3.28. The molecule has 0 bridgehead atoms. The Morgan fingerprint density at radius 2 is 2.18 bits per heavy atom. The third-order valence-electron chi connectivity index (χ3n) is 4.59. The highest BCUT2D eigenvalue weighted by Crippen LogP contribution is 2.36. The van der Waals surface area contributed by atoms with E-state index in [1.165, 1.54) is 30.5 Å². The molecule has 0 saturated heterocycles. The van der Waals surface area contributed by atoms with E-state index in [0.29, 0.717) is 53.4 Å². The molecule has 0 saturated carbocycles. The Kier molecular flexibility index (Phi) is 8.42. The minimum absolute atomic E-state index is 0.0584. The third kappa shape index (κ3) is 6.02. The van der Waals surface area contributed by atoms with E-state index in [0.717, 1.165) is 0 Å². The molecular formula is C25H21ClFN5O2. The highest BCUT2D eigenvalue weighted by atomic mass is 35.5. The lowest BCUT2D eigenvalue weighted by Gasteiger charge is -2.16. The van der Waals surface area contributed by atoms with Crippen LogP contribution in [-0.2, 0) is 4.79 Å². The Balaban J connectivity index is 2.01. The number of aromatic nitrogens is 1. The van der Waals surface area contributed by atoms with Gasteiger partial charge in [0.15, 0.2) is 0 Å². The second-order valence-corrected chi connectivity index (χ2v) is 7.34. The van der Waals surface area contributed by atoms with Crippen molar-refractivity contribution in [3.63, 3.8) is 0 Å². The number of nitrogens with zero attached hydrogens (tertiary/aromatic N) is 2. The van der Waals surface area contributed by atoms with E-state index in [-0.39, 0.29) is 16.5 Å². The normalized spacial score (nSPS) is 10.6. The maximum atomic E-state index is 13.6. The maximum absolute atomic E-state index is 13.6. The summed E-state index contributed by atoms with van der Waals surface area (Å²) in [6.07, 6.45) is 9.63. The molecule has 0 atom stereocenters. The van der Waals surface area contributed by atoms with Gasteiger partial charge in [0, 0.05) is 36.0 Å². The number of ether oxygens (including phenoxy) is 1. The van der Waals surface area contributed by atoms with Crippen LogP contribution in [0.5, 0.6) is 5.75 Å². The van der Waals surface area contributed by atoms with Gasteiger partial charge in [-0.3, -0.25) is 9.78 Å². The van der Waals surface area contributed by atoms with Crippen molar-refractivity contribution in [3.8, 4) is 24.2 Å². The summed E-state index contributed by atoms with van der Waals surface area (Å²) in [7, 11) is 0. The van der Waals surface area contributed by atoms with Crippen LogP contribution >= 0.6 is 11.6 Å². The lowest BCUT2D eigenvalue weighted by atomic mass is 10.1. The number of nitriles is 1. The number of hydrogen-bond acceptors (Lipinski definition) is 6. The van der Waals surface area contributed by atoms with E-state index in [1.54, 1.807) is 18.2 Å². The number of amides is 1. The summed E-state index contributed by atoms with van der Waals surface area (Å²) in [5.41, 5.74) is 2.11. The monoisotopic (exact) mass is 477 g/mol. The molecule has 0 fully saturated rings. The number of hydrogen-bond donors (Lipinski definition) is 3. The minimum atomic E-state index is -0.554. The summed E-state index contributed by atoms with van der Waals surface area (Å²) in [6.45, 7) is 3.03. The van der Waals surface area contributed by atoms with Gasteiger partial charge < -0.3 is 20.7 Å². The zero-order valence-electron chi connectivity index (χ0n) is 18.3. The van der Waals surface area contributed by atoms with Gasteiger partial charge in [-0.2, -0.15) is 5.26 Å². The molecule has 0 aliphatic carbocycles. The van der Waals surface area contributed by atoms with Gasteiger partial charge in [0.05, 0.1) is 40.6 Å². The fourth-order valence-electron chi connectivity index (χ4n) is 3.10. The zero-order chi connectivity index (χ0) is 24.5. The Morgan fingerprint density at radius 3 is 2.88 bits per heavy atom. The molecular weight excluding hydrogens is 457 g/mol. The molecule has 0 aliphatic heterocycles. The first-order chi connectivity index (χ1) is 16.5. The van der Waals surface area contributed by atoms with Crippen molar-refractivity contribution in [1.82, 2.24) is 10.3 Å². The van der Waals surface area contributed by atoms with Crippen LogP contribution in [0.1, 0.15) is 12.5 Å². The molecule has 7 nitrogen and oxygen atoms in total. The van der Waals surface area contributed by atoms with Gasteiger partial charge in [0.2, 0.25) is 5.91 Å². The van der Waals surface area contributed by atoms with Crippen LogP contribution < -0.4 is 20.7 Å². The molecule has 0 spiro atoms. The fraction of sp³-hybridized carbons (Fsp3) is 0.160. The molecule has 0 unspecified atom stereocenters. The molecule has 1 amide bonds. The molecule has 1 heterocycles. The number of nitrogens with one attached hydrogen (secondary N) is 3. The average Bonchev–Trinajstić information content (AvgIpc) is 2.82. The summed E-state index contributed by atoms with van der Waals surface area (Å²) in [5, 5.41) is 19.0. The van der Waals surface area contributed by atoms with Crippen LogP contribution in [0.25, 0.3) is 10.9 Å². The summed E-state index contributed by atoms with van der Waals surface area (Å²) >= 11 is 5.90. The molecule has 3 rings (SSSR count). The van der Waals surface area contributed by atoms with E-state index in [4.69, 9.17) is 22.8 Å². The van der Waals surface area contributed by atoms with Crippen molar-refractivity contribution < 1.29 is 13.9 Å². The Labute approximate surface area is 201 Å². The quantitative estimate of drug-likeness (QED) is 0.233. The van der Waals surface area contributed by atoms with Crippen molar-refractivity contribution in [3.05, 3.63) is 65.1 Å². The lowest BCUT2D eigenvalue weighted by molar-refractivity contribution is -0.111. The Bertz CT molecular complexity index is 1330. The van der Waals surface area contributed by atoms with Gasteiger partial charge in [0.25, 0.3) is 0 Å². The van der Waals surface area contributed by atoms with Crippen LogP contribution in [0.4, 0.5) is 21.5 Å². The smallest absolute Gasteiger partial charge is 0.248 e. The molecule has 0 aliphatic rings. The predicted molar refractivity (Wildman–Crippen MR) is 132 cm³/mol. The molecule has 172 valence electrons. The van der Waals surface area contributed by atoms with Crippen LogP contribution in [0.2, 0.25) is 5.02 Å². The highest BCUT2D eigenvalue weighted by Gasteiger charge is 2.15. The number of terminal acetylenes is 1. The van der Waals surface area contributed by atoms with E-state index < -0.39 is 5.82 Å². The SMILES string of the molecule is C#CCNC/C=C/C(=O)Nc1cc2c(Nc3ccc(F)c(Cl)c3)c(C#N)cnc2cc1OCC. The number of anilines is 3. The highest BCUT2D eigenvalue weighted by molar-refractivity contribution is 6.31. The first-order valence-electron chi connectivity index (χ1n) is 10.3. The number of fused-ring (bicyclic) bond motifs is 1. The van der Waals surface area contributed by atoms with Gasteiger partial charge in [-0.1, -0.05) is 23.6 Å². The third-order valence-corrected chi connectivity index (χ3v) is 4.88. The van der Waals surface area contributed by atoms with Crippen molar-refractivity contribution in [2.45, 2.75) is 6.92 Å². The van der Waals surface area contributed by atoms with Gasteiger partial charge in [-0.15, -0.1) is 6.42 Å². The van der Waals surface area contributed by atoms with Crippen LogP contribution in [0, 0.1) is 29.5 Å². The van der Waals surface area contributed by atoms with Crippen molar-refractivity contribution in [1.29, 1.82) is 5.26 Å². The average molecular weight is 478 g/mol. The Hall–Kier alpha value is -4.11. The first-order valence-corrected chi connectivity index (χ1v) is 10.7. The van der Waals surface area contributed by atoms with Gasteiger partial charge in [-0.05, 0) is 31.2 Å². The van der Waals surface area contributed by atoms with E-state index >= 15 is 0 Å². The largest absolute Gasteiger partial charge is 0.492 e. The van der Waals surface area contributed by atoms with E-state index in [2.05, 4.69) is 32.9 Å². The van der Waals surface area contributed by atoms with E-state index in [1.807, 2.05) is 6.92 Å². The molecule has 1 aromatic heterocycles. The molecule has 34 heavy (non-hydrogen) atoms. The maximum Gasteiger partial charge on any atom is 0.248 e. The molecule has 9 heteroatoms. The summed E-state index contributed by atoms with van der Waals surface area (Å²) in [4.78, 5) is 16.8. The predicted octanol–water partition coefficient (Wildman–Crippen LogP) is 4.76. The topological polar surface area (TPSA) is 99.1 Å². The van der Waals surface area contributed by atoms with Crippen molar-refractivity contribution >= 4 is 45.5 Å². The van der Waals surface area contributed by atoms with Crippen LogP contribution in [0.3, 0.4) is 0 Å². The number of pyridine rings is 1. The minimum Gasteiger partial charge on any atom is -0.492 e. The molecule has 3 N–H and O–H groups in total. The zero-order valence-corrected chi connectivity index (χ0v) is 19.0. The lowest BCUT2D eigenvalue weighted by Crippen LogP contribution is -2.15. The van der Waals surface area contributed by atoms with Crippen LogP contribution in [-0.4, -0.2) is 30.6 Å². The Morgan fingerprint density at radius 1 is 1.35 bits per heavy atom. The second kappa shape index (κ2) is 11.7. The first kappa shape index (κ1) is 24.5. The summed E-state index contributed by atoms with van der Waals surface area (Å²) in [6, 6.07) is 9.59. The number of halogens is 2. The summed E-state index contributed by atoms with van der Waals surface area (Å²) in [5.74, 6) is 1.95. The number of benzene rings is 2.